The molecule has 1 heterocycles. The second-order valence-electron chi connectivity index (χ2n) is 5.41. The molecule has 1 aromatic carbocycles. The fourth-order valence-corrected chi connectivity index (χ4v) is 3.47. The standard InChI is InChI=1S/C15H22N2O2S/c16-15(19)12-6-8-17(9-7-12)10-13(18)11-20-14-4-2-1-3-5-14/h1-5,12-13,18H,6-11H2,(H2,16,19)/p+1/t13-/m0/s1. The lowest BCUT2D eigenvalue weighted by molar-refractivity contribution is -0.908. The Kier molecular flexibility index (Phi) is 5.88. The van der Waals surface area contributed by atoms with E-state index in [9.17, 15) is 9.90 Å². The van der Waals surface area contributed by atoms with E-state index in [0.717, 1.165) is 32.5 Å². The van der Waals surface area contributed by atoms with Crippen molar-refractivity contribution in [3.8, 4) is 0 Å². The second-order valence-corrected chi connectivity index (χ2v) is 6.50. The summed E-state index contributed by atoms with van der Waals surface area (Å²) in [4.78, 5) is 13.7. The number of carbonyl (C=O) groups excluding carboxylic acids is 1. The van der Waals surface area contributed by atoms with E-state index in [1.807, 2.05) is 18.2 Å². The van der Waals surface area contributed by atoms with Crippen LogP contribution in [0.1, 0.15) is 12.8 Å². The first-order valence-corrected chi connectivity index (χ1v) is 8.12. The van der Waals surface area contributed by atoms with Gasteiger partial charge in [-0.2, -0.15) is 0 Å². The van der Waals surface area contributed by atoms with Crippen molar-refractivity contribution < 1.29 is 14.8 Å². The Bertz CT molecular complexity index is 419. The number of likely N-dealkylation sites (tertiary alicyclic amines) is 1. The Hall–Kier alpha value is -1.04. The number of carbonyl (C=O) groups is 1. The first-order chi connectivity index (χ1) is 9.65. The highest BCUT2D eigenvalue weighted by atomic mass is 32.2. The lowest BCUT2D eigenvalue weighted by Crippen LogP contribution is -3.14. The van der Waals surface area contributed by atoms with Crippen LogP contribution >= 0.6 is 11.8 Å². The Balaban J connectivity index is 1.68. The number of thioether (sulfide) groups is 1. The first kappa shape index (κ1) is 15.4. The maximum atomic E-state index is 11.1. The molecule has 0 spiro atoms. The summed E-state index contributed by atoms with van der Waals surface area (Å²) in [7, 11) is 0. The van der Waals surface area contributed by atoms with E-state index in [1.165, 1.54) is 9.80 Å². The van der Waals surface area contributed by atoms with Crippen molar-refractivity contribution in [2.45, 2.75) is 23.8 Å². The van der Waals surface area contributed by atoms with E-state index in [-0.39, 0.29) is 17.9 Å². The number of benzene rings is 1. The number of amides is 1. The van der Waals surface area contributed by atoms with E-state index in [0.29, 0.717) is 5.75 Å². The number of piperidine rings is 1. The maximum Gasteiger partial charge on any atom is 0.220 e. The van der Waals surface area contributed by atoms with Gasteiger partial charge in [-0.05, 0) is 12.1 Å². The fourth-order valence-electron chi connectivity index (χ4n) is 2.62. The first-order valence-electron chi connectivity index (χ1n) is 7.14. The molecule has 0 unspecified atom stereocenters. The zero-order chi connectivity index (χ0) is 14.4. The number of aliphatic hydroxyl groups excluding tert-OH is 1. The van der Waals surface area contributed by atoms with Gasteiger partial charge in [-0.15, -0.1) is 11.8 Å². The number of hydrogen-bond donors (Lipinski definition) is 3. The summed E-state index contributed by atoms with van der Waals surface area (Å²) in [6.07, 6.45) is 1.40. The smallest absolute Gasteiger partial charge is 0.220 e. The van der Waals surface area contributed by atoms with Crippen molar-refractivity contribution in [1.29, 1.82) is 0 Å². The monoisotopic (exact) mass is 295 g/mol. The predicted molar refractivity (Wildman–Crippen MR) is 80.7 cm³/mol. The van der Waals surface area contributed by atoms with E-state index in [4.69, 9.17) is 5.73 Å². The average molecular weight is 295 g/mol. The average Bonchev–Trinajstić information content (AvgIpc) is 2.47. The summed E-state index contributed by atoms with van der Waals surface area (Å²) in [5, 5.41) is 10.1. The molecule has 4 N–H and O–H groups in total. The summed E-state index contributed by atoms with van der Waals surface area (Å²) in [6, 6.07) is 10.1. The summed E-state index contributed by atoms with van der Waals surface area (Å²) in [5.74, 6) is 0.575. The van der Waals surface area contributed by atoms with Gasteiger partial charge < -0.3 is 15.7 Å². The van der Waals surface area contributed by atoms with Crippen molar-refractivity contribution in [3.63, 3.8) is 0 Å². The van der Waals surface area contributed by atoms with Gasteiger partial charge >= 0.3 is 0 Å². The van der Waals surface area contributed by atoms with Crippen LogP contribution in [0.4, 0.5) is 0 Å². The lowest BCUT2D eigenvalue weighted by Gasteiger charge is -2.29. The molecule has 4 nitrogen and oxygen atoms in total. The van der Waals surface area contributed by atoms with Crippen LogP contribution in [0.5, 0.6) is 0 Å². The zero-order valence-electron chi connectivity index (χ0n) is 11.6. The van der Waals surface area contributed by atoms with Crippen molar-refractivity contribution >= 4 is 17.7 Å². The van der Waals surface area contributed by atoms with Crippen LogP contribution in [0, 0.1) is 5.92 Å². The Morgan fingerprint density at radius 1 is 1.35 bits per heavy atom. The summed E-state index contributed by atoms with van der Waals surface area (Å²) >= 11 is 1.69. The number of nitrogens with two attached hydrogens (primary N) is 1. The molecule has 0 aliphatic carbocycles. The number of primary amides is 1. The molecule has 1 atom stereocenters. The van der Waals surface area contributed by atoms with E-state index < -0.39 is 0 Å². The van der Waals surface area contributed by atoms with Gasteiger partial charge in [0.15, 0.2) is 0 Å². The SMILES string of the molecule is NC(=O)C1CC[NH+](C[C@H](O)CSc2ccccc2)CC1. The van der Waals surface area contributed by atoms with Gasteiger partial charge in [-0.3, -0.25) is 4.79 Å². The number of hydrogen-bond acceptors (Lipinski definition) is 3. The maximum absolute atomic E-state index is 11.1. The number of aliphatic hydroxyl groups is 1. The van der Waals surface area contributed by atoms with Gasteiger partial charge in [-0.1, -0.05) is 18.2 Å². The molecule has 0 saturated carbocycles. The van der Waals surface area contributed by atoms with E-state index >= 15 is 0 Å². The molecule has 2 rings (SSSR count). The summed E-state index contributed by atoms with van der Waals surface area (Å²) in [5.41, 5.74) is 5.33. The number of quaternary nitrogens is 1. The molecule has 1 saturated heterocycles. The van der Waals surface area contributed by atoms with Crippen molar-refractivity contribution in [2.75, 3.05) is 25.4 Å². The molecule has 0 aromatic heterocycles. The van der Waals surface area contributed by atoms with Gasteiger partial charge in [0.25, 0.3) is 0 Å². The van der Waals surface area contributed by atoms with Gasteiger partial charge in [-0.25, -0.2) is 0 Å². The zero-order valence-corrected chi connectivity index (χ0v) is 12.4. The molecule has 20 heavy (non-hydrogen) atoms. The topological polar surface area (TPSA) is 67.8 Å². The third-order valence-corrected chi connectivity index (χ3v) is 4.96. The molecule has 1 aromatic rings. The molecule has 0 bridgehead atoms. The van der Waals surface area contributed by atoms with Crippen LogP contribution in [0.25, 0.3) is 0 Å². The highest BCUT2D eigenvalue weighted by Crippen LogP contribution is 2.17. The van der Waals surface area contributed by atoms with E-state index in [2.05, 4.69) is 12.1 Å². The fraction of sp³-hybridized carbons (Fsp3) is 0.533. The number of rotatable bonds is 6. The van der Waals surface area contributed by atoms with Crippen molar-refractivity contribution in [1.82, 2.24) is 0 Å². The molecule has 1 amide bonds. The largest absolute Gasteiger partial charge is 0.386 e. The van der Waals surface area contributed by atoms with Crippen LogP contribution in [0.15, 0.2) is 35.2 Å². The molecule has 1 aliphatic rings. The molecule has 0 radical (unpaired) electrons. The molecule has 1 aliphatic heterocycles. The van der Waals surface area contributed by atoms with E-state index in [1.54, 1.807) is 11.8 Å². The van der Waals surface area contributed by atoms with Crippen LogP contribution in [0.2, 0.25) is 0 Å². The third kappa shape index (κ3) is 4.81. The Morgan fingerprint density at radius 2 is 2.00 bits per heavy atom. The molecule has 5 heteroatoms. The quantitative estimate of drug-likeness (QED) is 0.643. The van der Waals surface area contributed by atoms with Gasteiger partial charge in [0, 0.05) is 29.4 Å². The molecular formula is C15H23N2O2S+. The Labute approximate surface area is 124 Å². The minimum absolute atomic E-state index is 0.0367. The second kappa shape index (κ2) is 7.67. The van der Waals surface area contributed by atoms with Gasteiger partial charge in [0.2, 0.25) is 5.91 Å². The van der Waals surface area contributed by atoms with Gasteiger partial charge in [0.1, 0.15) is 12.6 Å². The van der Waals surface area contributed by atoms with Crippen molar-refractivity contribution in [2.24, 2.45) is 11.7 Å². The lowest BCUT2D eigenvalue weighted by atomic mass is 9.96. The molecule has 110 valence electrons. The van der Waals surface area contributed by atoms with Crippen LogP contribution < -0.4 is 10.6 Å². The van der Waals surface area contributed by atoms with Crippen molar-refractivity contribution in [3.05, 3.63) is 30.3 Å². The number of nitrogens with one attached hydrogen (secondary N) is 1. The van der Waals surface area contributed by atoms with Gasteiger partial charge in [0.05, 0.1) is 13.1 Å². The summed E-state index contributed by atoms with van der Waals surface area (Å²) < 4.78 is 0. The molecular weight excluding hydrogens is 272 g/mol. The molecule has 1 fully saturated rings. The minimum atomic E-state index is -0.305. The van der Waals surface area contributed by atoms with Crippen LogP contribution in [0.3, 0.4) is 0 Å². The van der Waals surface area contributed by atoms with Crippen LogP contribution in [-0.4, -0.2) is 42.5 Å². The highest BCUT2D eigenvalue weighted by molar-refractivity contribution is 7.99. The highest BCUT2D eigenvalue weighted by Gasteiger charge is 2.26. The normalized spacial score (nSPS) is 24.2. The van der Waals surface area contributed by atoms with Crippen LogP contribution in [-0.2, 0) is 4.79 Å². The summed E-state index contributed by atoms with van der Waals surface area (Å²) in [6.45, 7) is 2.62. The Morgan fingerprint density at radius 3 is 2.60 bits per heavy atom. The minimum Gasteiger partial charge on any atom is -0.386 e. The third-order valence-electron chi connectivity index (χ3n) is 3.80. The predicted octanol–water partition coefficient (Wildman–Crippen LogP) is -0.0802.